The van der Waals surface area contributed by atoms with E-state index in [1.165, 1.54) is 0 Å². The molecule has 2 rings (SSSR count). The molecule has 0 bridgehead atoms. The maximum atomic E-state index is 10.9. The van der Waals surface area contributed by atoms with Gasteiger partial charge in [-0.15, -0.1) is 0 Å². The van der Waals surface area contributed by atoms with Gasteiger partial charge in [-0.1, -0.05) is 0 Å². The first-order valence-electron chi connectivity index (χ1n) is 4.13. The lowest BCUT2D eigenvalue weighted by molar-refractivity contribution is -0.113. The summed E-state index contributed by atoms with van der Waals surface area (Å²) in [5.41, 5.74) is 0.966. The molecule has 1 aliphatic heterocycles. The van der Waals surface area contributed by atoms with Crippen LogP contribution in [-0.4, -0.2) is 27.6 Å². The van der Waals surface area contributed by atoms with Crippen LogP contribution >= 0.6 is 11.6 Å². The van der Waals surface area contributed by atoms with E-state index in [9.17, 15) is 4.79 Å². The maximum Gasteiger partial charge on any atom is 0.244 e. The Hall–Kier alpha value is -1.03. The average molecular weight is 200 g/mol. The van der Waals surface area contributed by atoms with Crippen LogP contribution in [0.15, 0.2) is 12.4 Å². The molecule has 0 N–H and O–H groups in total. The van der Waals surface area contributed by atoms with Crippen molar-refractivity contribution < 1.29 is 4.79 Å². The molecule has 1 aliphatic rings. The Kier molecular flexibility index (Phi) is 2.00. The Morgan fingerprint density at radius 2 is 2.54 bits per heavy atom. The summed E-state index contributed by atoms with van der Waals surface area (Å²) >= 11 is 5.42. The van der Waals surface area contributed by atoms with Gasteiger partial charge in [0.15, 0.2) is 0 Å². The standard InChI is InChI=1S/C8H10ClN3O/c1-11-5-6(4-10-11)12-3-2-7(12)8(9)13/h4-5,7H,2-3H2,1H3. The molecule has 4 nitrogen and oxygen atoms in total. The van der Waals surface area contributed by atoms with Gasteiger partial charge in [0.25, 0.3) is 0 Å². The van der Waals surface area contributed by atoms with Crippen molar-refractivity contribution in [3.05, 3.63) is 12.4 Å². The largest absolute Gasteiger partial charge is 0.357 e. The van der Waals surface area contributed by atoms with E-state index in [0.717, 1.165) is 18.7 Å². The third kappa shape index (κ3) is 1.42. The Bertz CT molecular complexity index is 336. The molecule has 0 radical (unpaired) electrons. The van der Waals surface area contributed by atoms with E-state index in [1.54, 1.807) is 10.9 Å². The molecule has 13 heavy (non-hydrogen) atoms. The van der Waals surface area contributed by atoms with Gasteiger partial charge in [-0.2, -0.15) is 5.10 Å². The lowest BCUT2D eigenvalue weighted by Crippen LogP contribution is -2.51. The minimum atomic E-state index is -0.282. The highest BCUT2D eigenvalue weighted by molar-refractivity contribution is 6.65. The Labute approximate surface area is 81.1 Å². The number of halogens is 1. The number of rotatable bonds is 2. The van der Waals surface area contributed by atoms with Crippen molar-refractivity contribution in [3.8, 4) is 0 Å². The molecule has 70 valence electrons. The maximum absolute atomic E-state index is 10.9. The molecule has 1 aromatic heterocycles. The van der Waals surface area contributed by atoms with Gasteiger partial charge in [-0.3, -0.25) is 9.48 Å². The van der Waals surface area contributed by atoms with Gasteiger partial charge in [0.05, 0.1) is 11.9 Å². The van der Waals surface area contributed by atoms with Crippen LogP contribution in [0.4, 0.5) is 5.69 Å². The lowest BCUT2D eigenvalue weighted by Gasteiger charge is -2.39. The second kappa shape index (κ2) is 3.03. The van der Waals surface area contributed by atoms with Crippen molar-refractivity contribution >= 4 is 22.5 Å². The van der Waals surface area contributed by atoms with Crippen molar-refractivity contribution in [1.82, 2.24) is 9.78 Å². The first kappa shape index (κ1) is 8.56. The molecule has 0 spiro atoms. The van der Waals surface area contributed by atoms with Gasteiger partial charge in [0.1, 0.15) is 6.04 Å². The molecule has 0 aliphatic carbocycles. The Morgan fingerprint density at radius 3 is 2.92 bits per heavy atom. The summed E-state index contributed by atoms with van der Waals surface area (Å²) in [5, 5.41) is 3.75. The smallest absolute Gasteiger partial charge is 0.244 e. The van der Waals surface area contributed by atoms with E-state index in [1.807, 2.05) is 18.1 Å². The predicted octanol–water partition coefficient (Wildman–Crippen LogP) is 0.764. The molecule has 1 saturated heterocycles. The van der Waals surface area contributed by atoms with E-state index in [0.29, 0.717) is 0 Å². The highest BCUT2D eigenvalue weighted by Gasteiger charge is 2.33. The molecular formula is C8H10ClN3O. The highest BCUT2D eigenvalue weighted by Crippen LogP contribution is 2.26. The summed E-state index contributed by atoms with van der Waals surface area (Å²) in [4.78, 5) is 12.9. The fraction of sp³-hybridized carbons (Fsp3) is 0.500. The van der Waals surface area contributed by atoms with Crippen LogP contribution < -0.4 is 4.90 Å². The molecule has 2 heterocycles. The summed E-state index contributed by atoms with van der Waals surface area (Å²) in [5.74, 6) is 0. The van der Waals surface area contributed by atoms with Crippen LogP contribution in [0.3, 0.4) is 0 Å². The minimum Gasteiger partial charge on any atom is -0.357 e. The van der Waals surface area contributed by atoms with E-state index in [-0.39, 0.29) is 11.3 Å². The van der Waals surface area contributed by atoms with Gasteiger partial charge in [-0.25, -0.2) is 0 Å². The van der Waals surface area contributed by atoms with Crippen molar-refractivity contribution in [3.63, 3.8) is 0 Å². The number of hydrogen-bond donors (Lipinski definition) is 0. The molecule has 0 saturated carbocycles. The summed E-state index contributed by atoms with van der Waals surface area (Å²) < 4.78 is 1.71. The number of hydrogen-bond acceptors (Lipinski definition) is 3. The summed E-state index contributed by atoms with van der Waals surface area (Å²) in [6, 6.07) is -0.147. The number of carbonyl (C=O) groups is 1. The minimum absolute atomic E-state index is 0.147. The van der Waals surface area contributed by atoms with Crippen LogP contribution in [0.5, 0.6) is 0 Å². The van der Waals surface area contributed by atoms with Crippen LogP contribution in [0.25, 0.3) is 0 Å². The van der Waals surface area contributed by atoms with Crippen molar-refractivity contribution in [2.75, 3.05) is 11.4 Å². The zero-order chi connectivity index (χ0) is 9.42. The van der Waals surface area contributed by atoms with E-state index in [2.05, 4.69) is 5.10 Å². The fourth-order valence-corrected chi connectivity index (χ4v) is 1.72. The molecule has 1 atom stereocenters. The summed E-state index contributed by atoms with van der Waals surface area (Å²) in [6.45, 7) is 0.884. The second-order valence-corrected chi connectivity index (χ2v) is 3.55. The van der Waals surface area contributed by atoms with Crippen LogP contribution in [-0.2, 0) is 11.8 Å². The topological polar surface area (TPSA) is 38.1 Å². The summed E-state index contributed by atoms with van der Waals surface area (Å²) in [6.07, 6.45) is 4.47. The van der Waals surface area contributed by atoms with Crippen LogP contribution in [0, 0.1) is 0 Å². The molecule has 1 aromatic rings. The number of carbonyl (C=O) groups excluding carboxylic acids is 1. The third-order valence-corrected chi connectivity index (χ3v) is 2.56. The number of aryl methyl sites for hydroxylation is 1. The number of anilines is 1. The molecule has 1 fully saturated rings. The Morgan fingerprint density at radius 1 is 1.77 bits per heavy atom. The third-order valence-electron chi connectivity index (χ3n) is 2.30. The van der Waals surface area contributed by atoms with Crippen molar-refractivity contribution in [2.45, 2.75) is 12.5 Å². The second-order valence-electron chi connectivity index (χ2n) is 3.17. The van der Waals surface area contributed by atoms with Crippen molar-refractivity contribution in [2.24, 2.45) is 7.05 Å². The van der Waals surface area contributed by atoms with Gasteiger partial charge in [-0.05, 0) is 18.0 Å². The normalized spacial score (nSPS) is 21.4. The quantitative estimate of drug-likeness (QED) is 0.661. The van der Waals surface area contributed by atoms with Gasteiger partial charge in [0.2, 0.25) is 5.24 Å². The molecule has 0 aromatic carbocycles. The van der Waals surface area contributed by atoms with E-state index in [4.69, 9.17) is 11.6 Å². The molecule has 0 amide bonds. The lowest BCUT2D eigenvalue weighted by atomic mass is 10.0. The zero-order valence-electron chi connectivity index (χ0n) is 7.27. The SMILES string of the molecule is Cn1cc(N2CCC2C(=O)Cl)cn1. The van der Waals surface area contributed by atoms with E-state index < -0.39 is 0 Å². The zero-order valence-corrected chi connectivity index (χ0v) is 8.03. The monoisotopic (exact) mass is 199 g/mol. The predicted molar refractivity (Wildman–Crippen MR) is 49.8 cm³/mol. The highest BCUT2D eigenvalue weighted by atomic mass is 35.5. The van der Waals surface area contributed by atoms with Gasteiger partial charge < -0.3 is 4.90 Å². The fourth-order valence-electron chi connectivity index (χ4n) is 1.49. The number of nitrogens with zero attached hydrogens (tertiary/aromatic N) is 3. The van der Waals surface area contributed by atoms with Gasteiger partial charge >= 0.3 is 0 Å². The summed E-state index contributed by atoms with van der Waals surface area (Å²) in [7, 11) is 1.85. The number of aromatic nitrogens is 2. The first-order chi connectivity index (χ1) is 6.18. The average Bonchev–Trinajstić information content (AvgIpc) is 2.32. The Balaban J connectivity index is 2.14. The van der Waals surface area contributed by atoms with Crippen molar-refractivity contribution in [1.29, 1.82) is 0 Å². The first-order valence-corrected chi connectivity index (χ1v) is 4.51. The molecule has 1 unspecified atom stereocenters. The molecule has 5 heteroatoms. The molecular weight excluding hydrogens is 190 g/mol. The van der Waals surface area contributed by atoms with E-state index >= 15 is 0 Å². The van der Waals surface area contributed by atoms with Crippen LogP contribution in [0.2, 0.25) is 0 Å². The van der Waals surface area contributed by atoms with Gasteiger partial charge in [0, 0.05) is 19.8 Å². The van der Waals surface area contributed by atoms with Crippen LogP contribution in [0.1, 0.15) is 6.42 Å².